The zero-order valence-corrected chi connectivity index (χ0v) is 22.1. The minimum Gasteiger partial charge on any atom is -0.465 e. The largest absolute Gasteiger partial charge is 0.465 e. The third-order valence-electron chi connectivity index (χ3n) is 6.26. The van der Waals surface area contributed by atoms with E-state index in [1.54, 1.807) is 48.5 Å². The Bertz CT molecular complexity index is 1420. The third-order valence-corrected chi connectivity index (χ3v) is 8.39. The average Bonchev–Trinajstić information content (AvgIpc) is 3.65. The lowest BCUT2D eigenvalue weighted by molar-refractivity contribution is -0.144. The normalized spacial score (nSPS) is 18.5. The molecule has 0 amide bonds. The summed E-state index contributed by atoms with van der Waals surface area (Å²) in [6.45, 7) is 1.87. The van der Waals surface area contributed by atoms with Gasteiger partial charge in [0.2, 0.25) is 10.0 Å². The molecule has 1 aliphatic heterocycles. The fraction of sp³-hybridized carbons (Fsp3) is 0.214. The predicted molar refractivity (Wildman–Crippen MR) is 139 cm³/mol. The molecule has 9 heteroatoms. The summed E-state index contributed by atoms with van der Waals surface area (Å²) in [7, 11) is -1.69. The number of hydrogen-bond acceptors (Lipinski definition) is 6. The molecular weight excluding hydrogens is 514 g/mol. The van der Waals surface area contributed by atoms with E-state index in [0.717, 1.165) is 25.3 Å². The molecule has 0 radical (unpaired) electrons. The Morgan fingerprint density at radius 2 is 1.43 bits per heavy atom. The fourth-order valence-corrected chi connectivity index (χ4v) is 6.25. The molecule has 0 aliphatic carbocycles. The summed E-state index contributed by atoms with van der Waals surface area (Å²) < 4.78 is 38.9. The van der Waals surface area contributed by atoms with Gasteiger partial charge in [-0.2, -0.15) is 4.31 Å². The van der Waals surface area contributed by atoms with Crippen molar-refractivity contribution in [2.75, 3.05) is 14.2 Å². The first kappa shape index (κ1) is 26.6. The molecule has 0 saturated carbocycles. The van der Waals surface area contributed by atoms with Gasteiger partial charge in [0.1, 0.15) is 5.57 Å². The van der Waals surface area contributed by atoms with E-state index in [1.165, 1.54) is 4.31 Å². The Hall–Kier alpha value is -3.46. The number of rotatable bonds is 8. The highest BCUT2D eigenvalue weighted by Crippen LogP contribution is 2.52. The first-order valence-electron chi connectivity index (χ1n) is 11.5. The lowest BCUT2D eigenvalue weighted by Gasteiger charge is -2.14. The van der Waals surface area contributed by atoms with Crippen LogP contribution in [0.5, 0.6) is 0 Å². The second-order valence-corrected chi connectivity index (χ2v) is 10.9. The molecule has 192 valence electrons. The van der Waals surface area contributed by atoms with Crippen LogP contribution < -0.4 is 0 Å². The minimum atomic E-state index is -4.01. The zero-order chi connectivity index (χ0) is 26.7. The van der Waals surface area contributed by atoms with Crippen LogP contribution in [-0.4, -0.2) is 44.9 Å². The van der Waals surface area contributed by atoms with Gasteiger partial charge < -0.3 is 9.47 Å². The van der Waals surface area contributed by atoms with Crippen LogP contribution in [0.3, 0.4) is 0 Å². The molecule has 1 fully saturated rings. The van der Waals surface area contributed by atoms with Crippen LogP contribution >= 0.6 is 11.6 Å². The monoisotopic (exact) mass is 539 g/mol. The van der Waals surface area contributed by atoms with Gasteiger partial charge in [0, 0.05) is 5.02 Å². The summed E-state index contributed by atoms with van der Waals surface area (Å²) in [4.78, 5) is 25.8. The number of methoxy groups -OCH3 is 2. The number of esters is 2. The van der Waals surface area contributed by atoms with E-state index in [1.807, 2.05) is 37.3 Å². The number of hydrogen-bond donors (Lipinski definition) is 0. The molecule has 0 bridgehead atoms. The molecule has 37 heavy (non-hydrogen) atoms. The minimum absolute atomic E-state index is 0.108. The molecule has 1 heterocycles. The maximum absolute atomic E-state index is 13.9. The number of ether oxygens (including phenoxy) is 2. The molecular formula is C28H26ClNO6S. The second kappa shape index (κ2) is 10.9. The Labute approximate surface area is 221 Å². The SMILES string of the molecule is COC(=O)C(C(=O)OC)=C(Cc1ccccc1)[C@@H]1[C@H](c2ccc(Cl)cc2)N1S(=O)(=O)c1ccc(C)cc1. The first-order valence-corrected chi connectivity index (χ1v) is 13.3. The maximum atomic E-state index is 13.9. The molecule has 1 saturated heterocycles. The number of nitrogens with zero attached hydrogens (tertiary/aromatic N) is 1. The van der Waals surface area contributed by atoms with Gasteiger partial charge in [-0.15, -0.1) is 0 Å². The Morgan fingerprint density at radius 1 is 0.865 bits per heavy atom. The molecule has 3 atom stereocenters. The van der Waals surface area contributed by atoms with Gasteiger partial charge in [-0.1, -0.05) is 71.8 Å². The van der Waals surface area contributed by atoms with Crippen molar-refractivity contribution in [1.82, 2.24) is 4.31 Å². The highest BCUT2D eigenvalue weighted by Gasteiger charge is 2.59. The van der Waals surface area contributed by atoms with Crippen molar-refractivity contribution in [1.29, 1.82) is 0 Å². The highest BCUT2D eigenvalue weighted by molar-refractivity contribution is 7.89. The van der Waals surface area contributed by atoms with Crippen molar-refractivity contribution in [2.45, 2.75) is 30.3 Å². The van der Waals surface area contributed by atoms with E-state index in [-0.39, 0.29) is 16.9 Å². The van der Waals surface area contributed by atoms with Crippen LogP contribution in [-0.2, 0) is 35.5 Å². The van der Waals surface area contributed by atoms with E-state index in [0.29, 0.717) is 16.2 Å². The van der Waals surface area contributed by atoms with Crippen molar-refractivity contribution in [3.05, 3.63) is 112 Å². The van der Waals surface area contributed by atoms with Crippen LogP contribution in [0.1, 0.15) is 22.7 Å². The van der Waals surface area contributed by atoms with E-state index >= 15 is 0 Å². The van der Waals surface area contributed by atoms with Crippen LogP contribution in [0, 0.1) is 6.92 Å². The molecule has 1 unspecified atom stereocenters. The molecule has 4 rings (SSSR count). The van der Waals surface area contributed by atoms with E-state index in [9.17, 15) is 18.0 Å². The lowest BCUT2D eigenvalue weighted by Crippen LogP contribution is -2.23. The molecule has 3 aromatic rings. The van der Waals surface area contributed by atoms with E-state index in [4.69, 9.17) is 21.1 Å². The van der Waals surface area contributed by atoms with Crippen molar-refractivity contribution in [2.24, 2.45) is 0 Å². The Kier molecular flexibility index (Phi) is 7.82. The van der Waals surface area contributed by atoms with E-state index < -0.39 is 34.0 Å². The standard InChI is InChI=1S/C28H26ClNO6S/c1-18-9-15-22(16-10-18)37(33,34)30-25(20-11-13-21(29)14-12-20)26(30)23(17-19-7-5-4-6-8-19)24(27(31)35-2)28(32)36-3/h4-16,25-26H,17H2,1-3H3/t25-,26+,30?/m0/s1. The summed E-state index contributed by atoms with van der Waals surface area (Å²) in [5, 5.41) is 0.499. The maximum Gasteiger partial charge on any atom is 0.345 e. The van der Waals surface area contributed by atoms with Crippen molar-refractivity contribution in [3.63, 3.8) is 0 Å². The van der Waals surface area contributed by atoms with Crippen LogP contribution in [0.15, 0.2) is 94.9 Å². The lowest BCUT2D eigenvalue weighted by atomic mass is 9.94. The average molecular weight is 540 g/mol. The van der Waals surface area contributed by atoms with Crippen LogP contribution in [0.25, 0.3) is 0 Å². The number of carbonyl (C=O) groups is 2. The van der Waals surface area contributed by atoms with Crippen LogP contribution in [0.4, 0.5) is 0 Å². The molecule has 0 N–H and O–H groups in total. The summed E-state index contributed by atoms with van der Waals surface area (Å²) in [5.74, 6) is -1.79. The number of aryl methyl sites for hydroxylation is 1. The Balaban J connectivity index is 1.92. The van der Waals surface area contributed by atoms with Gasteiger partial charge in [0.05, 0.1) is 31.2 Å². The van der Waals surface area contributed by atoms with Gasteiger partial charge in [-0.05, 0) is 54.3 Å². The first-order chi connectivity index (χ1) is 17.7. The van der Waals surface area contributed by atoms with Crippen molar-refractivity contribution in [3.8, 4) is 0 Å². The van der Waals surface area contributed by atoms with Crippen molar-refractivity contribution >= 4 is 33.6 Å². The van der Waals surface area contributed by atoms with Crippen LogP contribution in [0.2, 0.25) is 5.02 Å². The summed E-state index contributed by atoms with van der Waals surface area (Å²) in [6, 6.07) is 21.0. The highest BCUT2D eigenvalue weighted by atomic mass is 35.5. The Morgan fingerprint density at radius 3 is 1.97 bits per heavy atom. The number of carbonyl (C=O) groups excluding carboxylic acids is 2. The van der Waals surface area contributed by atoms with Gasteiger partial charge in [0.25, 0.3) is 0 Å². The van der Waals surface area contributed by atoms with E-state index in [2.05, 4.69) is 0 Å². The third kappa shape index (κ3) is 5.46. The summed E-state index contributed by atoms with van der Waals surface area (Å²) in [6.07, 6.45) is 0.134. The summed E-state index contributed by atoms with van der Waals surface area (Å²) in [5.41, 5.74) is 2.35. The number of sulfonamides is 1. The molecule has 7 nitrogen and oxygen atoms in total. The van der Waals surface area contributed by atoms with Gasteiger partial charge in [0.15, 0.2) is 0 Å². The zero-order valence-electron chi connectivity index (χ0n) is 20.6. The number of benzene rings is 3. The van der Waals surface area contributed by atoms with Gasteiger partial charge in [-0.25, -0.2) is 18.0 Å². The molecule has 3 aromatic carbocycles. The fourth-order valence-electron chi connectivity index (χ4n) is 4.38. The quantitative estimate of drug-likeness (QED) is 0.136. The smallest absolute Gasteiger partial charge is 0.345 e. The molecule has 0 spiro atoms. The topological polar surface area (TPSA) is 89.8 Å². The van der Waals surface area contributed by atoms with Gasteiger partial charge >= 0.3 is 11.9 Å². The molecule has 1 aliphatic rings. The van der Waals surface area contributed by atoms with Crippen molar-refractivity contribution < 1.29 is 27.5 Å². The number of halogens is 1. The summed E-state index contributed by atoms with van der Waals surface area (Å²) >= 11 is 6.09. The van der Waals surface area contributed by atoms with Gasteiger partial charge in [-0.3, -0.25) is 0 Å². The molecule has 0 aromatic heterocycles. The second-order valence-electron chi connectivity index (χ2n) is 8.64. The predicted octanol–water partition coefficient (Wildman–Crippen LogP) is 4.65.